The highest BCUT2D eigenvalue weighted by atomic mass is 32.2. The van der Waals surface area contributed by atoms with Crippen LogP contribution in [0.15, 0.2) is 65.8 Å². The Morgan fingerprint density at radius 2 is 1.60 bits per heavy atom. The zero-order chi connectivity index (χ0) is 25.4. The predicted octanol–water partition coefficient (Wildman–Crippen LogP) is 5.89. The highest BCUT2D eigenvalue weighted by molar-refractivity contribution is 8.00. The van der Waals surface area contributed by atoms with Crippen LogP contribution in [0.2, 0.25) is 0 Å². The van der Waals surface area contributed by atoms with Gasteiger partial charge in [-0.1, -0.05) is 0 Å². The average molecular weight is 502 g/mol. The van der Waals surface area contributed by atoms with Crippen molar-refractivity contribution in [2.24, 2.45) is 0 Å². The molecule has 1 aliphatic heterocycles. The zero-order valence-electron chi connectivity index (χ0n) is 19.1. The summed E-state index contributed by atoms with van der Waals surface area (Å²) in [6, 6.07) is 11.9. The topological polar surface area (TPSA) is 78.4 Å². The Bertz CT molecular complexity index is 1260. The van der Waals surface area contributed by atoms with E-state index in [9.17, 15) is 22.8 Å². The number of halogens is 3. The third kappa shape index (κ3) is 5.40. The number of nitrogens with zero attached hydrogens (tertiary/aromatic N) is 4. The number of hydrogen-bond acceptors (Lipinski definition) is 6. The van der Waals surface area contributed by atoms with Gasteiger partial charge in [0, 0.05) is 23.8 Å². The van der Waals surface area contributed by atoms with Gasteiger partial charge >= 0.3 is 11.5 Å². The summed E-state index contributed by atoms with van der Waals surface area (Å²) in [7, 11) is 0. The van der Waals surface area contributed by atoms with Crippen molar-refractivity contribution in [3.05, 3.63) is 72.1 Å². The molecule has 1 fully saturated rings. The number of pyridine rings is 2. The van der Waals surface area contributed by atoms with Crippen LogP contribution in [0, 0.1) is 6.92 Å². The van der Waals surface area contributed by atoms with Crippen LogP contribution in [0.5, 0.6) is 0 Å². The molecule has 1 aliphatic rings. The molecule has 11 heteroatoms. The van der Waals surface area contributed by atoms with E-state index in [1.165, 1.54) is 29.2 Å². The third-order valence-corrected chi connectivity index (χ3v) is 6.23. The number of hydrogen-bond donors (Lipinski definition) is 1. The van der Waals surface area contributed by atoms with Crippen molar-refractivity contribution in [3.8, 4) is 0 Å². The molecule has 0 radical (unpaired) electrons. The second-order valence-electron chi connectivity index (χ2n) is 8.50. The van der Waals surface area contributed by atoms with E-state index in [0.29, 0.717) is 11.6 Å². The number of anilines is 3. The number of aromatic nitrogens is 2. The third-order valence-electron chi connectivity index (χ3n) is 5.49. The Hall–Kier alpha value is -3.60. The van der Waals surface area contributed by atoms with Gasteiger partial charge < -0.3 is 10.2 Å². The van der Waals surface area contributed by atoms with Crippen molar-refractivity contribution in [2.45, 2.75) is 43.3 Å². The van der Waals surface area contributed by atoms with E-state index >= 15 is 0 Å². The maximum Gasteiger partial charge on any atom is 0.446 e. The quantitative estimate of drug-likeness (QED) is 0.335. The number of carbonyl (C=O) groups excluding carboxylic acids is 2. The lowest BCUT2D eigenvalue weighted by Crippen LogP contribution is -2.43. The van der Waals surface area contributed by atoms with Gasteiger partial charge in [0.05, 0.1) is 5.69 Å². The van der Waals surface area contributed by atoms with E-state index in [1.54, 1.807) is 38.4 Å². The molecule has 7 nitrogen and oxygen atoms in total. The normalized spacial score (nSPS) is 15.6. The number of aryl methyl sites for hydroxylation is 1. The molecule has 1 aromatic carbocycles. The summed E-state index contributed by atoms with van der Waals surface area (Å²) >= 11 is -0.257. The van der Waals surface area contributed by atoms with E-state index in [-0.39, 0.29) is 28.9 Å². The number of carbonyl (C=O) groups is 2. The molecule has 0 atom stereocenters. The summed E-state index contributed by atoms with van der Waals surface area (Å²) in [5, 5.41) is 3.12. The first-order valence-electron chi connectivity index (χ1n) is 10.6. The summed E-state index contributed by atoms with van der Waals surface area (Å²) in [4.78, 5) is 37.3. The Kier molecular flexibility index (Phi) is 6.46. The van der Waals surface area contributed by atoms with E-state index in [2.05, 4.69) is 15.3 Å². The van der Waals surface area contributed by atoms with Gasteiger partial charge in [-0.05, 0) is 92.2 Å². The minimum Gasteiger partial charge on any atom is -0.325 e. The van der Waals surface area contributed by atoms with Crippen molar-refractivity contribution >= 4 is 41.0 Å². The summed E-state index contributed by atoms with van der Waals surface area (Å²) < 4.78 is 37.9. The Labute approximate surface area is 204 Å². The standard InChI is InChI=1S/C24H22F3N5O2S/c1-15-8-10-28-19(12-15)30-20-13-16(9-11-29-20)14-31-22(34)32(21(33)23(31,2)3)17-4-6-18(7-5-17)35-24(25,26)27/h4-13H,14H2,1-3H3,(H,28,29,30). The van der Waals surface area contributed by atoms with Crippen LogP contribution < -0.4 is 10.2 Å². The minimum absolute atomic E-state index is 0.0311. The molecule has 2 aromatic heterocycles. The van der Waals surface area contributed by atoms with Crippen molar-refractivity contribution in [1.29, 1.82) is 0 Å². The molecular weight excluding hydrogens is 479 g/mol. The van der Waals surface area contributed by atoms with E-state index in [1.807, 2.05) is 19.1 Å². The maximum absolute atomic E-state index is 13.3. The molecule has 4 rings (SSSR count). The van der Waals surface area contributed by atoms with E-state index in [4.69, 9.17) is 0 Å². The van der Waals surface area contributed by atoms with Gasteiger partial charge in [-0.25, -0.2) is 19.7 Å². The molecule has 1 saturated heterocycles. The number of benzene rings is 1. The van der Waals surface area contributed by atoms with Crippen LogP contribution in [0.4, 0.5) is 35.3 Å². The number of alkyl halides is 3. The molecule has 0 spiro atoms. The molecule has 182 valence electrons. The smallest absolute Gasteiger partial charge is 0.325 e. The number of imide groups is 1. The van der Waals surface area contributed by atoms with Gasteiger partial charge in [-0.3, -0.25) is 4.79 Å². The van der Waals surface area contributed by atoms with Crippen molar-refractivity contribution in [2.75, 3.05) is 10.2 Å². The Morgan fingerprint density at radius 1 is 0.971 bits per heavy atom. The van der Waals surface area contributed by atoms with Crippen LogP contribution in [0.1, 0.15) is 25.0 Å². The van der Waals surface area contributed by atoms with Gasteiger partial charge in [0.2, 0.25) is 0 Å². The first kappa shape index (κ1) is 24.5. The maximum atomic E-state index is 13.3. The molecule has 0 aliphatic carbocycles. The summed E-state index contributed by atoms with van der Waals surface area (Å²) in [5.74, 6) is 0.696. The molecular formula is C24H22F3N5O2S. The summed E-state index contributed by atoms with van der Waals surface area (Å²) in [5.41, 5.74) is -3.60. The van der Waals surface area contributed by atoms with Gasteiger partial charge in [0.25, 0.3) is 5.91 Å². The van der Waals surface area contributed by atoms with E-state index in [0.717, 1.165) is 16.0 Å². The largest absolute Gasteiger partial charge is 0.446 e. The van der Waals surface area contributed by atoms with Crippen LogP contribution in [0.3, 0.4) is 0 Å². The monoisotopic (exact) mass is 501 g/mol. The number of thioether (sulfide) groups is 1. The van der Waals surface area contributed by atoms with Crippen LogP contribution in [-0.2, 0) is 11.3 Å². The molecule has 0 unspecified atom stereocenters. The number of urea groups is 1. The van der Waals surface area contributed by atoms with Gasteiger partial charge in [0.1, 0.15) is 17.2 Å². The highest BCUT2D eigenvalue weighted by Crippen LogP contribution is 2.39. The SMILES string of the molecule is Cc1ccnc(Nc2cc(CN3C(=O)N(c4ccc(SC(F)(F)F)cc4)C(=O)C3(C)C)ccn2)c1. The molecule has 0 bridgehead atoms. The Morgan fingerprint density at radius 3 is 2.23 bits per heavy atom. The molecule has 1 N–H and O–H groups in total. The van der Waals surface area contributed by atoms with E-state index < -0.39 is 23.0 Å². The molecule has 3 amide bonds. The first-order chi connectivity index (χ1) is 16.4. The molecule has 3 heterocycles. The summed E-state index contributed by atoms with van der Waals surface area (Å²) in [6.45, 7) is 5.36. The van der Waals surface area contributed by atoms with Gasteiger partial charge in [0.15, 0.2) is 0 Å². The van der Waals surface area contributed by atoms with Crippen molar-refractivity contribution in [1.82, 2.24) is 14.9 Å². The lowest BCUT2D eigenvalue weighted by Gasteiger charge is -2.27. The second kappa shape index (κ2) is 9.21. The van der Waals surface area contributed by atoms with Crippen molar-refractivity contribution < 1.29 is 22.8 Å². The molecule has 0 saturated carbocycles. The van der Waals surface area contributed by atoms with Crippen molar-refractivity contribution in [3.63, 3.8) is 0 Å². The lowest BCUT2D eigenvalue weighted by molar-refractivity contribution is -0.123. The van der Waals surface area contributed by atoms with Crippen LogP contribution in [-0.4, -0.2) is 37.9 Å². The van der Waals surface area contributed by atoms with Crippen LogP contribution in [0.25, 0.3) is 0 Å². The fourth-order valence-corrected chi connectivity index (χ4v) is 4.22. The lowest BCUT2D eigenvalue weighted by atomic mass is 10.0. The first-order valence-corrected chi connectivity index (χ1v) is 11.4. The summed E-state index contributed by atoms with van der Waals surface area (Å²) in [6.07, 6.45) is 3.28. The fraction of sp³-hybridized carbons (Fsp3) is 0.250. The predicted molar refractivity (Wildman–Crippen MR) is 127 cm³/mol. The fourth-order valence-electron chi connectivity index (χ4n) is 3.68. The number of nitrogens with one attached hydrogen (secondary N) is 1. The highest BCUT2D eigenvalue weighted by Gasteiger charge is 2.51. The van der Waals surface area contributed by atoms with Gasteiger partial charge in [-0.2, -0.15) is 13.2 Å². The number of amides is 3. The average Bonchev–Trinajstić information content (AvgIpc) is 2.93. The van der Waals surface area contributed by atoms with Crippen LogP contribution >= 0.6 is 11.8 Å². The number of rotatable bonds is 6. The Balaban J connectivity index is 1.54. The molecule has 35 heavy (non-hydrogen) atoms. The second-order valence-corrected chi connectivity index (χ2v) is 9.64. The zero-order valence-corrected chi connectivity index (χ0v) is 19.9. The minimum atomic E-state index is -4.42. The van der Waals surface area contributed by atoms with Gasteiger partial charge in [-0.15, -0.1) is 0 Å². The molecule has 3 aromatic rings.